The molecule has 170 valence electrons. The van der Waals surface area contributed by atoms with Crippen molar-refractivity contribution in [2.24, 2.45) is 29.6 Å². The Morgan fingerprint density at radius 2 is 1.97 bits per heavy atom. The minimum atomic E-state index is -1.68. The van der Waals surface area contributed by atoms with E-state index < -0.39 is 17.6 Å². The molecule has 2 heterocycles. The maximum absolute atomic E-state index is 13.6. The highest BCUT2D eigenvalue weighted by molar-refractivity contribution is 6.22. The van der Waals surface area contributed by atoms with E-state index in [-0.39, 0.29) is 35.0 Å². The van der Waals surface area contributed by atoms with E-state index in [4.69, 9.17) is 0 Å². The number of rotatable bonds is 6. The van der Waals surface area contributed by atoms with Gasteiger partial charge in [-0.1, -0.05) is 45.3 Å². The highest BCUT2D eigenvalue weighted by Crippen LogP contribution is 2.47. The van der Waals surface area contributed by atoms with E-state index in [0.29, 0.717) is 25.4 Å². The van der Waals surface area contributed by atoms with Crippen LogP contribution in [0.15, 0.2) is 23.8 Å². The van der Waals surface area contributed by atoms with Crippen LogP contribution in [0.5, 0.6) is 0 Å². The summed E-state index contributed by atoms with van der Waals surface area (Å²) in [6, 6.07) is 0. The molecule has 6 nitrogen and oxygen atoms in total. The normalized spacial score (nSPS) is 36.8. The van der Waals surface area contributed by atoms with Gasteiger partial charge in [-0.25, -0.2) is 0 Å². The molecule has 2 amide bonds. The summed E-state index contributed by atoms with van der Waals surface area (Å²) < 4.78 is 0. The van der Waals surface area contributed by atoms with Gasteiger partial charge in [0.25, 0.3) is 5.91 Å². The molecule has 31 heavy (non-hydrogen) atoms. The van der Waals surface area contributed by atoms with E-state index in [1.807, 2.05) is 0 Å². The molecule has 2 fully saturated rings. The summed E-state index contributed by atoms with van der Waals surface area (Å²) in [4.78, 5) is 42.9. The predicted molar refractivity (Wildman–Crippen MR) is 118 cm³/mol. The number of unbranched alkanes of at least 4 members (excludes halogenated alkanes) is 1. The third-order valence-electron chi connectivity index (χ3n) is 8.07. The third kappa shape index (κ3) is 3.67. The summed E-state index contributed by atoms with van der Waals surface area (Å²) >= 11 is 0. The van der Waals surface area contributed by atoms with Crippen molar-refractivity contribution in [1.82, 2.24) is 9.80 Å². The van der Waals surface area contributed by atoms with Gasteiger partial charge < -0.3 is 14.9 Å². The topological polar surface area (TPSA) is 77.9 Å². The monoisotopic (exact) mass is 428 g/mol. The zero-order valence-electron chi connectivity index (χ0n) is 19.0. The molecule has 6 unspecified atom stereocenters. The highest BCUT2D eigenvalue weighted by Gasteiger charge is 2.58. The van der Waals surface area contributed by atoms with Gasteiger partial charge in [-0.05, 0) is 49.5 Å². The number of hydrogen-bond donors (Lipinski definition) is 1. The van der Waals surface area contributed by atoms with Crippen LogP contribution in [0.1, 0.15) is 58.8 Å². The second-order valence-electron chi connectivity index (χ2n) is 10.00. The molecule has 2 aliphatic carbocycles. The predicted octanol–water partition coefficient (Wildman–Crippen LogP) is 2.92. The van der Waals surface area contributed by atoms with Crippen molar-refractivity contribution in [3.8, 4) is 0 Å². The smallest absolute Gasteiger partial charge is 0.259 e. The Morgan fingerprint density at radius 1 is 1.23 bits per heavy atom. The van der Waals surface area contributed by atoms with Crippen molar-refractivity contribution in [2.75, 3.05) is 20.1 Å². The maximum Gasteiger partial charge on any atom is 0.259 e. The largest absolute Gasteiger partial charge is 0.366 e. The molecule has 0 aromatic heterocycles. The summed E-state index contributed by atoms with van der Waals surface area (Å²) in [5, 5.41) is 11.4. The Balaban J connectivity index is 1.59. The first kappa shape index (κ1) is 22.3. The summed E-state index contributed by atoms with van der Waals surface area (Å²) in [5.74, 6) is -0.913. The van der Waals surface area contributed by atoms with Gasteiger partial charge >= 0.3 is 0 Å². The first-order valence-electron chi connectivity index (χ1n) is 12.0. The molecular weight excluding hydrogens is 392 g/mol. The van der Waals surface area contributed by atoms with Gasteiger partial charge in [0.05, 0.1) is 11.5 Å². The van der Waals surface area contributed by atoms with E-state index >= 15 is 0 Å². The molecule has 0 aromatic rings. The number of carbonyl (C=O) groups is 3. The second-order valence-corrected chi connectivity index (χ2v) is 10.00. The lowest BCUT2D eigenvalue weighted by Gasteiger charge is -2.40. The molecule has 0 aromatic carbocycles. The standard InChI is InChI=1S/C25H36N2O4/c1-4-5-13-26(3)24(30)20-12-14-27-23(29)19(15-25(20,27)31)22(28)21-16(2)10-11-17-8-6-7-9-18(17)21/h10-11,15-18,20-21,31H,4-9,12-14H2,1-3H3. The van der Waals surface area contributed by atoms with Gasteiger partial charge in [-0.2, -0.15) is 0 Å². The Bertz CT molecular complexity index is 818. The molecular formula is C25H36N2O4. The number of carbonyl (C=O) groups excluding carboxylic acids is 3. The minimum absolute atomic E-state index is 0.0724. The second kappa shape index (κ2) is 8.53. The van der Waals surface area contributed by atoms with Crippen LogP contribution in [0, 0.1) is 29.6 Å². The molecule has 0 bridgehead atoms. The number of aliphatic hydroxyl groups is 1. The van der Waals surface area contributed by atoms with Crippen LogP contribution < -0.4 is 0 Å². The lowest BCUT2D eigenvalue weighted by Crippen LogP contribution is -2.50. The SMILES string of the molecule is CCCCN(C)C(=O)C1CCN2C(=O)C(C(=O)C3C(C)C=CC4CCCCC43)=CC12O. The van der Waals surface area contributed by atoms with Crippen molar-refractivity contribution in [2.45, 2.75) is 64.5 Å². The third-order valence-corrected chi connectivity index (χ3v) is 8.07. The number of nitrogens with zero attached hydrogens (tertiary/aromatic N) is 2. The molecule has 1 saturated carbocycles. The van der Waals surface area contributed by atoms with Crippen LogP contribution in [0.2, 0.25) is 0 Å². The number of fused-ring (bicyclic) bond motifs is 2. The molecule has 6 heteroatoms. The van der Waals surface area contributed by atoms with Gasteiger partial charge in [0.15, 0.2) is 11.5 Å². The molecule has 1 saturated heterocycles. The van der Waals surface area contributed by atoms with Crippen LogP contribution in [0.3, 0.4) is 0 Å². The zero-order chi connectivity index (χ0) is 22.3. The number of Topliss-reactive ketones (excluding diaryl/α,β-unsaturated/α-hetero) is 1. The molecule has 4 rings (SSSR count). The zero-order valence-corrected chi connectivity index (χ0v) is 19.0. The van der Waals surface area contributed by atoms with Crippen molar-refractivity contribution in [3.05, 3.63) is 23.8 Å². The quantitative estimate of drug-likeness (QED) is 0.521. The van der Waals surface area contributed by atoms with Crippen molar-refractivity contribution >= 4 is 17.6 Å². The van der Waals surface area contributed by atoms with Gasteiger partial charge in [0.2, 0.25) is 5.91 Å². The van der Waals surface area contributed by atoms with Gasteiger partial charge in [0, 0.05) is 26.1 Å². The van der Waals surface area contributed by atoms with Crippen LogP contribution in [-0.2, 0) is 14.4 Å². The average Bonchev–Trinajstić information content (AvgIpc) is 3.23. The number of hydrogen-bond acceptors (Lipinski definition) is 4. The fourth-order valence-electron chi connectivity index (χ4n) is 6.27. The fourth-order valence-corrected chi connectivity index (χ4v) is 6.27. The number of amides is 2. The van der Waals surface area contributed by atoms with E-state index in [1.54, 1.807) is 11.9 Å². The minimum Gasteiger partial charge on any atom is -0.366 e. The summed E-state index contributed by atoms with van der Waals surface area (Å²) in [6.45, 7) is 5.04. The first-order chi connectivity index (χ1) is 14.8. The molecule has 2 aliphatic heterocycles. The van der Waals surface area contributed by atoms with Crippen LogP contribution in [0.4, 0.5) is 0 Å². The van der Waals surface area contributed by atoms with E-state index in [1.165, 1.54) is 17.4 Å². The summed E-state index contributed by atoms with van der Waals surface area (Å²) in [6.07, 6.45) is 12.5. The van der Waals surface area contributed by atoms with Crippen molar-refractivity contribution in [1.29, 1.82) is 0 Å². The van der Waals surface area contributed by atoms with Gasteiger partial charge in [-0.15, -0.1) is 0 Å². The fraction of sp³-hybridized carbons (Fsp3) is 0.720. The van der Waals surface area contributed by atoms with Crippen LogP contribution >= 0.6 is 0 Å². The molecule has 1 N–H and O–H groups in total. The average molecular weight is 429 g/mol. The Morgan fingerprint density at radius 3 is 2.71 bits per heavy atom. The van der Waals surface area contributed by atoms with Crippen molar-refractivity contribution < 1.29 is 19.5 Å². The van der Waals surface area contributed by atoms with Crippen LogP contribution in [0.25, 0.3) is 0 Å². The summed E-state index contributed by atoms with van der Waals surface area (Å²) in [7, 11) is 1.75. The Labute approximate surface area is 185 Å². The van der Waals surface area contributed by atoms with Crippen LogP contribution in [-0.4, -0.2) is 58.4 Å². The van der Waals surface area contributed by atoms with Crippen molar-refractivity contribution in [3.63, 3.8) is 0 Å². The van der Waals surface area contributed by atoms with Gasteiger partial charge in [-0.3, -0.25) is 14.4 Å². The molecule has 6 atom stereocenters. The number of ketones is 1. The molecule has 4 aliphatic rings. The summed E-state index contributed by atoms with van der Waals surface area (Å²) in [5.41, 5.74) is -1.59. The highest BCUT2D eigenvalue weighted by atomic mass is 16.3. The Hall–Kier alpha value is -1.95. The van der Waals surface area contributed by atoms with E-state index in [0.717, 1.165) is 32.1 Å². The first-order valence-corrected chi connectivity index (χ1v) is 12.0. The lowest BCUT2D eigenvalue weighted by molar-refractivity contribution is -0.151. The van der Waals surface area contributed by atoms with Gasteiger partial charge in [0.1, 0.15) is 0 Å². The van der Waals surface area contributed by atoms with E-state index in [9.17, 15) is 19.5 Å². The van der Waals surface area contributed by atoms with E-state index in [2.05, 4.69) is 26.0 Å². The molecule has 0 radical (unpaired) electrons. The lowest BCUT2D eigenvalue weighted by atomic mass is 9.63. The Kier molecular flexibility index (Phi) is 6.12. The maximum atomic E-state index is 13.6. The number of allylic oxidation sites excluding steroid dienone is 2. The molecule has 0 spiro atoms.